The minimum atomic E-state index is -0.0394. The van der Waals surface area contributed by atoms with Crippen LogP contribution < -0.4 is 15.0 Å². The van der Waals surface area contributed by atoms with E-state index in [1.54, 1.807) is 0 Å². The molecule has 0 bridgehead atoms. The first-order valence-electron chi connectivity index (χ1n) is 10.0. The number of aromatic nitrogens is 2. The number of hydrogen-bond donors (Lipinski definition) is 2. The summed E-state index contributed by atoms with van der Waals surface area (Å²) in [5.41, 5.74) is 4.96. The zero-order valence-electron chi connectivity index (χ0n) is 16.8. The van der Waals surface area contributed by atoms with Gasteiger partial charge < -0.3 is 19.9 Å². The molecule has 2 aromatic carbocycles. The average molecular weight is 411 g/mol. The fourth-order valence-corrected chi connectivity index (χ4v) is 4.26. The van der Waals surface area contributed by atoms with Gasteiger partial charge in [-0.15, -0.1) is 0 Å². The summed E-state index contributed by atoms with van der Waals surface area (Å²) >= 11 is 1.39. The van der Waals surface area contributed by atoms with Gasteiger partial charge in [0, 0.05) is 30.5 Å². The lowest BCUT2D eigenvalue weighted by Gasteiger charge is -2.19. The second kappa shape index (κ2) is 8.78. The molecule has 1 saturated heterocycles. The Balaban J connectivity index is 1.35. The molecule has 0 spiro atoms. The highest BCUT2D eigenvalue weighted by molar-refractivity contribution is 7.99. The molecular formula is C22H26N4O2S. The first-order valence-corrected chi connectivity index (χ1v) is 11.0. The summed E-state index contributed by atoms with van der Waals surface area (Å²) in [5, 5.41) is 3.74. The summed E-state index contributed by atoms with van der Waals surface area (Å²) in [5.74, 6) is 1.07. The smallest absolute Gasteiger partial charge is 0.234 e. The second-order valence-corrected chi connectivity index (χ2v) is 8.15. The minimum Gasteiger partial charge on any atom is -0.494 e. The Hall–Kier alpha value is -2.67. The van der Waals surface area contributed by atoms with Crippen LogP contribution in [0.3, 0.4) is 0 Å². The molecule has 1 aliphatic heterocycles. The number of nitrogens with one attached hydrogen (secondary N) is 2. The van der Waals surface area contributed by atoms with E-state index in [2.05, 4.69) is 32.3 Å². The van der Waals surface area contributed by atoms with Crippen LogP contribution in [0, 0.1) is 6.92 Å². The molecule has 152 valence electrons. The Kier molecular flexibility index (Phi) is 5.94. The van der Waals surface area contributed by atoms with E-state index in [0.717, 1.165) is 46.3 Å². The molecule has 0 saturated carbocycles. The van der Waals surface area contributed by atoms with Crippen molar-refractivity contribution in [2.45, 2.75) is 31.8 Å². The number of carbonyl (C=O) groups is 1. The highest BCUT2D eigenvalue weighted by Crippen LogP contribution is 2.26. The SMILES string of the molecule is CCOc1ccc2nc(SCC(=O)Nc3ccc(N4CCCC4)cc3C)[nH]c2c1. The number of benzene rings is 2. The number of nitrogens with zero attached hydrogens (tertiary/aromatic N) is 2. The van der Waals surface area contributed by atoms with Crippen molar-refractivity contribution in [3.63, 3.8) is 0 Å². The van der Waals surface area contributed by atoms with E-state index in [0.29, 0.717) is 12.4 Å². The van der Waals surface area contributed by atoms with Crippen LogP contribution in [0.2, 0.25) is 0 Å². The maximum absolute atomic E-state index is 12.4. The van der Waals surface area contributed by atoms with Crippen molar-refractivity contribution in [3.05, 3.63) is 42.0 Å². The zero-order valence-corrected chi connectivity index (χ0v) is 17.6. The number of thioether (sulfide) groups is 1. The molecule has 2 heterocycles. The van der Waals surface area contributed by atoms with Crippen molar-refractivity contribution in [2.75, 3.05) is 35.7 Å². The van der Waals surface area contributed by atoms with Crippen molar-refractivity contribution in [1.82, 2.24) is 9.97 Å². The van der Waals surface area contributed by atoms with Crippen LogP contribution in [0.25, 0.3) is 11.0 Å². The maximum atomic E-state index is 12.4. The van der Waals surface area contributed by atoms with Crippen molar-refractivity contribution in [1.29, 1.82) is 0 Å². The third-order valence-electron chi connectivity index (χ3n) is 5.04. The Morgan fingerprint density at radius 2 is 2.07 bits per heavy atom. The predicted molar refractivity (Wildman–Crippen MR) is 119 cm³/mol. The fraction of sp³-hybridized carbons (Fsp3) is 0.364. The number of rotatable bonds is 7. The molecule has 2 N–H and O–H groups in total. The number of anilines is 2. The molecule has 29 heavy (non-hydrogen) atoms. The number of hydrogen-bond acceptors (Lipinski definition) is 5. The fourth-order valence-electron chi connectivity index (χ4n) is 3.57. The van der Waals surface area contributed by atoms with Gasteiger partial charge in [-0.2, -0.15) is 0 Å². The van der Waals surface area contributed by atoms with E-state index in [9.17, 15) is 4.79 Å². The van der Waals surface area contributed by atoms with Gasteiger partial charge in [0.1, 0.15) is 5.75 Å². The summed E-state index contributed by atoms with van der Waals surface area (Å²) in [6.45, 7) is 6.85. The van der Waals surface area contributed by atoms with E-state index in [1.807, 2.05) is 38.1 Å². The average Bonchev–Trinajstić information content (AvgIpc) is 3.37. The molecule has 0 unspecified atom stereocenters. The Morgan fingerprint density at radius 3 is 2.83 bits per heavy atom. The molecule has 6 nitrogen and oxygen atoms in total. The second-order valence-electron chi connectivity index (χ2n) is 7.18. The summed E-state index contributed by atoms with van der Waals surface area (Å²) < 4.78 is 5.52. The number of aromatic amines is 1. The molecule has 1 amide bonds. The Bertz CT molecular complexity index is 1010. The first-order chi connectivity index (χ1) is 14.1. The number of ether oxygens (including phenoxy) is 1. The van der Waals surface area contributed by atoms with Gasteiger partial charge in [0.2, 0.25) is 5.91 Å². The van der Waals surface area contributed by atoms with Crippen LogP contribution in [-0.4, -0.2) is 41.3 Å². The molecule has 3 aromatic rings. The molecule has 4 rings (SSSR count). The van der Waals surface area contributed by atoms with Crippen LogP contribution in [0.4, 0.5) is 11.4 Å². The van der Waals surface area contributed by atoms with Crippen LogP contribution in [0.5, 0.6) is 5.75 Å². The summed E-state index contributed by atoms with van der Waals surface area (Å²) in [6, 6.07) is 12.0. The van der Waals surface area contributed by atoms with E-state index >= 15 is 0 Å². The molecule has 0 radical (unpaired) electrons. The normalized spacial score (nSPS) is 13.8. The van der Waals surface area contributed by atoms with Gasteiger partial charge in [-0.25, -0.2) is 4.98 Å². The van der Waals surface area contributed by atoms with Gasteiger partial charge >= 0.3 is 0 Å². The van der Waals surface area contributed by atoms with E-state index < -0.39 is 0 Å². The molecule has 0 atom stereocenters. The van der Waals surface area contributed by atoms with Gasteiger partial charge in [-0.05, 0) is 62.6 Å². The molecule has 1 fully saturated rings. The van der Waals surface area contributed by atoms with E-state index in [-0.39, 0.29) is 5.91 Å². The number of aryl methyl sites for hydroxylation is 1. The monoisotopic (exact) mass is 410 g/mol. The summed E-state index contributed by atoms with van der Waals surface area (Å²) in [4.78, 5) is 22.6. The van der Waals surface area contributed by atoms with Crippen LogP contribution in [0.15, 0.2) is 41.6 Å². The lowest BCUT2D eigenvalue weighted by molar-refractivity contribution is -0.113. The standard InChI is InChI=1S/C22H26N4O2S/c1-3-28-17-7-9-19-20(13-17)25-22(24-19)29-14-21(27)23-18-8-6-16(12-15(18)2)26-10-4-5-11-26/h6-9,12-13H,3-5,10-11,14H2,1-2H3,(H,23,27)(H,24,25). The van der Waals surface area contributed by atoms with Crippen molar-refractivity contribution < 1.29 is 9.53 Å². The quantitative estimate of drug-likeness (QED) is 0.557. The third kappa shape index (κ3) is 4.67. The van der Waals surface area contributed by atoms with Gasteiger partial charge in [0.05, 0.1) is 23.4 Å². The Labute approximate surface area is 175 Å². The highest BCUT2D eigenvalue weighted by atomic mass is 32.2. The van der Waals surface area contributed by atoms with Gasteiger partial charge in [-0.1, -0.05) is 11.8 Å². The maximum Gasteiger partial charge on any atom is 0.234 e. The molecule has 7 heteroatoms. The van der Waals surface area contributed by atoms with Crippen LogP contribution in [-0.2, 0) is 4.79 Å². The predicted octanol–water partition coefficient (Wildman–Crippen LogP) is 4.60. The third-order valence-corrected chi connectivity index (χ3v) is 5.91. The zero-order chi connectivity index (χ0) is 20.2. The Morgan fingerprint density at radius 1 is 1.24 bits per heavy atom. The van der Waals surface area contributed by atoms with Gasteiger partial charge in [0.15, 0.2) is 5.16 Å². The highest BCUT2D eigenvalue weighted by Gasteiger charge is 2.14. The van der Waals surface area contributed by atoms with Gasteiger partial charge in [-0.3, -0.25) is 4.79 Å². The number of amides is 1. The number of fused-ring (bicyclic) bond motifs is 1. The molecular weight excluding hydrogens is 384 g/mol. The van der Waals surface area contributed by atoms with Crippen LogP contribution >= 0.6 is 11.8 Å². The number of imidazole rings is 1. The molecule has 1 aromatic heterocycles. The van der Waals surface area contributed by atoms with Crippen molar-refractivity contribution >= 4 is 40.1 Å². The number of H-pyrrole nitrogens is 1. The first kappa shape index (κ1) is 19.6. The van der Waals surface area contributed by atoms with Crippen molar-refractivity contribution in [2.24, 2.45) is 0 Å². The lowest BCUT2D eigenvalue weighted by Crippen LogP contribution is -2.18. The topological polar surface area (TPSA) is 70.2 Å². The molecule has 1 aliphatic rings. The van der Waals surface area contributed by atoms with E-state index in [1.165, 1.54) is 30.3 Å². The summed E-state index contributed by atoms with van der Waals surface area (Å²) in [6.07, 6.45) is 2.51. The minimum absolute atomic E-state index is 0.0394. The van der Waals surface area contributed by atoms with Crippen LogP contribution in [0.1, 0.15) is 25.3 Å². The number of carbonyl (C=O) groups excluding carboxylic acids is 1. The largest absolute Gasteiger partial charge is 0.494 e. The summed E-state index contributed by atoms with van der Waals surface area (Å²) in [7, 11) is 0. The van der Waals surface area contributed by atoms with Gasteiger partial charge in [0.25, 0.3) is 0 Å². The van der Waals surface area contributed by atoms with E-state index in [4.69, 9.17) is 4.74 Å². The molecule has 0 aliphatic carbocycles. The van der Waals surface area contributed by atoms with Crippen molar-refractivity contribution in [3.8, 4) is 5.75 Å². The lowest BCUT2D eigenvalue weighted by atomic mass is 10.1.